The van der Waals surface area contributed by atoms with Crippen LogP contribution in [0.2, 0.25) is 0 Å². The van der Waals surface area contributed by atoms with Crippen LogP contribution in [0.4, 0.5) is 13.2 Å². The summed E-state index contributed by atoms with van der Waals surface area (Å²) in [6.45, 7) is 6.16. The van der Waals surface area contributed by atoms with Crippen molar-refractivity contribution in [3.05, 3.63) is 0 Å². The molecule has 1 atom stereocenters. The molecule has 0 aliphatic heterocycles. The Labute approximate surface area is 96.8 Å². The van der Waals surface area contributed by atoms with Gasteiger partial charge in [-0.15, -0.1) is 0 Å². The van der Waals surface area contributed by atoms with Gasteiger partial charge in [0, 0.05) is 18.5 Å². The van der Waals surface area contributed by atoms with E-state index in [1.54, 1.807) is 0 Å². The predicted octanol–water partition coefficient (Wildman–Crippen LogP) is 4.28. The molecule has 0 saturated carbocycles. The van der Waals surface area contributed by atoms with Gasteiger partial charge >= 0.3 is 6.18 Å². The van der Waals surface area contributed by atoms with E-state index in [4.69, 9.17) is 0 Å². The number of nitrogens with one attached hydrogen (secondary N) is 1. The van der Waals surface area contributed by atoms with Gasteiger partial charge in [-0.05, 0) is 19.3 Å². The lowest BCUT2D eigenvalue weighted by Gasteiger charge is -2.21. The molecular weight excluding hydrogens is 215 g/mol. The predicted molar refractivity (Wildman–Crippen MR) is 61.5 cm³/mol. The molecule has 0 aromatic heterocycles. The van der Waals surface area contributed by atoms with Crippen LogP contribution < -0.4 is 5.32 Å². The Kier molecular flexibility index (Phi) is 7.81. The van der Waals surface area contributed by atoms with E-state index >= 15 is 0 Å². The Morgan fingerprint density at radius 2 is 1.62 bits per heavy atom. The largest absolute Gasteiger partial charge is 0.389 e. The van der Waals surface area contributed by atoms with E-state index in [2.05, 4.69) is 12.2 Å². The molecule has 1 nitrogen and oxygen atoms in total. The molecule has 1 N–H and O–H groups in total. The smallest absolute Gasteiger partial charge is 0.312 e. The fraction of sp³-hybridized carbons (Fsp3) is 1.00. The minimum Gasteiger partial charge on any atom is -0.312 e. The molecule has 0 spiro atoms. The zero-order chi connectivity index (χ0) is 12.6. The Morgan fingerprint density at radius 1 is 1.06 bits per heavy atom. The standard InChI is InChI=1S/C12H24F3N/c1-4-5-7-11(16-10(2)3)8-6-9-12(13,14)15/h10-11,16H,4-9H2,1-3H3. The van der Waals surface area contributed by atoms with E-state index in [0.717, 1.165) is 19.3 Å². The molecule has 0 rings (SSSR count). The molecule has 0 aromatic carbocycles. The summed E-state index contributed by atoms with van der Waals surface area (Å²) in [5, 5.41) is 3.33. The van der Waals surface area contributed by atoms with Crippen molar-refractivity contribution in [3.8, 4) is 0 Å². The fourth-order valence-corrected chi connectivity index (χ4v) is 1.78. The van der Waals surface area contributed by atoms with E-state index in [9.17, 15) is 13.2 Å². The highest BCUT2D eigenvalue weighted by atomic mass is 19.4. The van der Waals surface area contributed by atoms with Crippen LogP contribution in [0.1, 0.15) is 59.3 Å². The fourth-order valence-electron chi connectivity index (χ4n) is 1.78. The minimum atomic E-state index is -4.01. The molecule has 0 aromatic rings. The summed E-state index contributed by atoms with van der Waals surface area (Å²) in [5.74, 6) is 0. The molecule has 0 heterocycles. The van der Waals surface area contributed by atoms with E-state index in [-0.39, 0.29) is 12.5 Å². The van der Waals surface area contributed by atoms with Crippen LogP contribution in [0.3, 0.4) is 0 Å². The molecule has 0 amide bonds. The van der Waals surface area contributed by atoms with Gasteiger partial charge in [-0.2, -0.15) is 13.2 Å². The normalized spacial score (nSPS) is 14.4. The summed E-state index contributed by atoms with van der Waals surface area (Å²) in [7, 11) is 0. The summed E-state index contributed by atoms with van der Waals surface area (Å²) >= 11 is 0. The maximum absolute atomic E-state index is 12.0. The van der Waals surface area contributed by atoms with E-state index in [0.29, 0.717) is 12.5 Å². The van der Waals surface area contributed by atoms with Gasteiger partial charge in [0.2, 0.25) is 0 Å². The third-order valence-electron chi connectivity index (χ3n) is 2.49. The monoisotopic (exact) mass is 239 g/mol. The van der Waals surface area contributed by atoms with Crippen LogP contribution in [0.25, 0.3) is 0 Å². The summed E-state index contributed by atoms with van der Waals surface area (Å²) < 4.78 is 36.0. The van der Waals surface area contributed by atoms with Gasteiger partial charge in [0.05, 0.1) is 0 Å². The van der Waals surface area contributed by atoms with Crippen LogP contribution in [0.15, 0.2) is 0 Å². The Morgan fingerprint density at radius 3 is 2.06 bits per heavy atom. The number of hydrogen-bond acceptors (Lipinski definition) is 1. The lowest BCUT2D eigenvalue weighted by atomic mass is 10.0. The van der Waals surface area contributed by atoms with Crippen molar-refractivity contribution < 1.29 is 13.2 Å². The number of unbranched alkanes of at least 4 members (excludes halogenated alkanes) is 1. The Hall–Kier alpha value is -0.250. The molecular formula is C12H24F3N. The number of halogens is 3. The van der Waals surface area contributed by atoms with Crippen molar-refractivity contribution in [1.29, 1.82) is 0 Å². The van der Waals surface area contributed by atoms with Crippen LogP contribution >= 0.6 is 0 Å². The molecule has 16 heavy (non-hydrogen) atoms. The second kappa shape index (κ2) is 7.93. The third kappa shape index (κ3) is 10.3. The van der Waals surface area contributed by atoms with Gasteiger partial charge in [0.15, 0.2) is 0 Å². The number of alkyl halides is 3. The van der Waals surface area contributed by atoms with Crippen molar-refractivity contribution >= 4 is 0 Å². The second-order valence-corrected chi connectivity index (χ2v) is 4.67. The highest BCUT2D eigenvalue weighted by Crippen LogP contribution is 2.23. The average Bonchev–Trinajstić information content (AvgIpc) is 2.11. The van der Waals surface area contributed by atoms with Crippen molar-refractivity contribution in [2.45, 2.75) is 77.6 Å². The molecule has 1 unspecified atom stereocenters. The van der Waals surface area contributed by atoms with E-state index < -0.39 is 12.6 Å². The van der Waals surface area contributed by atoms with Gasteiger partial charge in [-0.3, -0.25) is 0 Å². The van der Waals surface area contributed by atoms with Gasteiger partial charge in [0.25, 0.3) is 0 Å². The first-order valence-corrected chi connectivity index (χ1v) is 6.18. The van der Waals surface area contributed by atoms with Crippen LogP contribution in [-0.2, 0) is 0 Å². The lowest BCUT2D eigenvalue weighted by Crippen LogP contribution is -2.34. The summed E-state index contributed by atoms with van der Waals surface area (Å²) in [6, 6.07) is 0.579. The molecule has 0 aliphatic carbocycles. The molecule has 4 heteroatoms. The van der Waals surface area contributed by atoms with Crippen LogP contribution in [0, 0.1) is 0 Å². The Bertz CT molecular complexity index is 166. The van der Waals surface area contributed by atoms with Crippen LogP contribution in [-0.4, -0.2) is 18.3 Å². The summed E-state index contributed by atoms with van der Waals surface area (Å²) in [5.41, 5.74) is 0. The minimum absolute atomic E-state index is 0.234. The van der Waals surface area contributed by atoms with Crippen molar-refractivity contribution in [1.82, 2.24) is 5.32 Å². The number of hydrogen-bond donors (Lipinski definition) is 1. The zero-order valence-electron chi connectivity index (χ0n) is 10.5. The lowest BCUT2D eigenvalue weighted by molar-refractivity contribution is -0.135. The molecule has 0 aliphatic rings. The first-order chi connectivity index (χ1) is 7.35. The average molecular weight is 239 g/mol. The van der Waals surface area contributed by atoms with E-state index in [1.807, 2.05) is 13.8 Å². The zero-order valence-corrected chi connectivity index (χ0v) is 10.5. The van der Waals surface area contributed by atoms with Gasteiger partial charge in [-0.25, -0.2) is 0 Å². The maximum atomic E-state index is 12.0. The summed E-state index contributed by atoms with van der Waals surface area (Å²) in [4.78, 5) is 0. The van der Waals surface area contributed by atoms with Gasteiger partial charge < -0.3 is 5.32 Å². The quantitative estimate of drug-likeness (QED) is 0.666. The molecule has 0 radical (unpaired) electrons. The van der Waals surface area contributed by atoms with Crippen molar-refractivity contribution in [2.24, 2.45) is 0 Å². The van der Waals surface area contributed by atoms with Gasteiger partial charge in [-0.1, -0.05) is 33.6 Å². The van der Waals surface area contributed by atoms with Gasteiger partial charge in [0.1, 0.15) is 0 Å². The molecule has 0 bridgehead atoms. The topological polar surface area (TPSA) is 12.0 Å². The highest BCUT2D eigenvalue weighted by Gasteiger charge is 2.26. The SMILES string of the molecule is CCCCC(CCCC(F)(F)F)NC(C)C. The third-order valence-corrected chi connectivity index (χ3v) is 2.49. The van der Waals surface area contributed by atoms with Crippen molar-refractivity contribution in [2.75, 3.05) is 0 Å². The summed E-state index contributed by atoms with van der Waals surface area (Å²) in [6.07, 6.45) is -0.656. The molecule has 0 saturated heterocycles. The van der Waals surface area contributed by atoms with Crippen LogP contribution in [0.5, 0.6) is 0 Å². The number of rotatable bonds is 8. The first kappa shape index (κ1) is 15.8. The maximum Gasteiger partial charge on any atom is 0.389 e. The van der Waals surface area contributed by atoms with Crippen molar-refractivity contribution in [3.63, 3.8) is 0 Å². The molecule has 0 fully saturated rings. The first-order valence-electron chi connectivity index (χ1n) is 6.18. The second-order valence-electron chi connectivity index (χ2n) is 4.67. The molecule has 98 valence electrons. The Balaban J connectivity index is 3.82. The van der Waals surface area contributed by atoms with E-state index in [1.165, 1.54) is 0 Å². The highest BCUT2D eigenvalue weighted by molar-refractivity contribution is 4.70.